The lowest BCUT2D eigenvalue weighted by Gasteiger charge is -2.17. The number of aliphatic imine (C=N–C) groups is 1. The Balaban J connectivity index is 1.62. The molecule has 0 radical (unpaired) electrons. The van der Waals surface area contributed by atoms with E-state index in [1.807, 2.05) is 19.1 Å². The lowest BCUT2D eigenvalue weighted by molar-refractivity contribution is 0.166. The summed E-state index contributed by atoms with van der Waals surface area (Å²) in [5.74, 6) is 2.78. The molecule has 0 spiro atoms. The standard InChI is InChI=1S/C24H34N4O3/c1-4-25-24(27-14-19-8-10-26-23(13-19)30-5-2)28-15-21-7-6-18(3)12-22(21)31-17-20-9-11-29-16-20/h6-8,10,12-13,20H,4-5,9,11,14-17H2,1-3H3,(H2,25,27,28). The molecule has 1 aliphatic rings. The number of hydrogen-bond acceptors (Lipinski definition) is 5. The first-order valence-electron chi connectivity index (χ1n) is 11.1. The first-order chi connectivity index (χ1) is 15.2. The number of guanidine groups is 1. The van der Waals surface area contributed by atoms with Gasteiger partial charge in [-0.3, -0.25) is 0 Å². The predicted molar refractivity (Wildman–Crippen MR) is 123 cm³/mol. The van der Waals surface area contributed by atoms with Gasteiger partial charge in [-0.2, -0.15) is 0 Å². The summed E-state index contributed by atoms with van der Waals surface area (Å²) in [6, 6.07) is 10.2. The number of ether oxygens (including phenoxy) is 3. The number of aryl methyl sites for hydroxylation is 1. The molecule has 7 nitrogen and oxygen atoms in total. The maximum Gasteiger partial charge on any atom is 0.213 e. The van der Waals surface area contributed by atoms with E-state index in [2.05, 4.69) is 47.7 Å². The molecule has 7 heteroatoms. The Morgan fingerprint density at radius 2 is 2.10 bits per heavy atom. The molecule has 2 heterocycles. The van der Waals surface area contributed by atoms with Crippen LogP contribution >= 0.6 is 0 Å². The van der Waals surface area contributed by atoms with Crippen molar-refractivity contribution in [3.63, 3.8) is 0 Å². The summed E-state index contributed by atoms with van der Waals surface area (Å²) in [6.45, 7) is 10.9. The van der Waals surface area contributed by atoms with Crippen molar-refractivity contribution in [1.82, 2.24) is 15.6 Å². The number of rotatable bonds is 10. The zero-order chi connectivity index (χ0) is 21.9. The van der Waals surface area contributed by atoms with Crippen LogP contribution in [0.5, 0.6) is 11.6 Å². The highest BCUT2D eigenvalue weighted by Gasteiger charge is 2.17. The fourth-order valence-corrected chi connectivity index (χ4v) is 3.33. The fourth-order valence-electron chi connectivity index (χ4n) is 3.33. The van der Waals surface area contributed by atoms with Gasteiger partial charge in [-0.15, -0.1) is 0 Å². The van der Waals surface area contributed by atoms with Gasteiger partial charge in [-0.1, -0.05) is 12.1 Å². The number of nitrogens with one attached hydrogen (secondary N) is 2. The zero-order valence-corrected chi connectivity index (χ0v) is 18.8. The van der Waals surface area contributed by atoms with Crippen molar-refractivity contribution in [3.8, 4) is 11.6 Å². The van der Waals surface area contributed by atoms with Gasteiger partial charge in [-0.25, -0.2) is 9.98 Å². The van der Waals surface area contributed by atoms with Crippen LogP contribution in [0.2, 0.25) is 0 Å². The molecule has 1 saturated heterocycles. The third kappa shape index (κ3) is 7.43. The maximum atomic E-state index is 6.16. The Bertz CT molecular complexity index is 850. The van der Waals surface area contributed by atoms with E-state index >= 15 is 0 Å². The minimum atomic E-state index is 0.474. The lowest BCUT2D eigenvalue weighted by Crippen LogP contribution is -2.36. The Labute approximate surface area is 185 Å². The smallest absolute Gasteiger partial charge is 0.213 e. The van der Waals surface area contributed by atoms with Gasteiger partial charge >= 0.3 is 0 Å². The predicted octanol–water partition coefficient (Wildman–Crippen LogP) is 3.46. The van der Waals surface area contributed by atoms with Gasteiger partial charge in [0.05, 0.1) is 26.4 Å². The molecule has 0 bridgehead atoms. The Morgan fingerprint density at radius 3 is 2.87 bits per heavy atom. The molecule has 0 saturated carbocycles. The molecular weight excluding hydrogens is 392 g/mol. The van der Waals surface area contributed by atoms with Gasteiger partial charge in [0.2, 0.25) is 5.88 Å². The molecule has 0 aliphatic carbocycles. The molecule has 1 fully saturated rings. The summed E-state index contributed by atoms with van der Waals surface area (Å²) in [5.41, 5.74) is 3.34. The van der Waals surface area contributed by atoms with E-state index in [0.29, 0.717) is 38.1 Å². The Morgan fingerprint density at radius 1 is 1.19 bits per heavy atom. The van der Waals surface area contributed by atoms with Crippen LogP contribution in [-0.4, -0.2) is 43.9 Å². The summed E-state index contributed by atoms with van der Waals surface area (Å²) in [6.07, 6.45) is 2.82. The average Bonchev–Trinajstić information content (AvgIpc) is 3.29. The fraction of sp³-hybridized carbons (Fsp3) is 0.500. The van der Waals surface area contributed by atoms with Crippen molar-refractivity contribution < 1.29 is 14.2 Å². The van der Waals surface area contributed by atoms with Gasteiger partial charge in [0.25, 0.3) is 0 Å². The van der Waals surface area contributed by atoms with Crippen LogP contribution in [0.3, 0.4) is 0 Å². The van der Waals surface area contributed by atoms with E-state index in [1.54, 1.807) is 6.20 Å². The summed E-state index contributed by atoms with van der Waals surface area (Å²) < 4.78 is 17.1. The highest BCUT2D eigenvalue weighted by atomic mass is 16.5. The van der Waals surface area contributed by atoms with Gasteiger partial charge in [0.15, 0.2) is 5.96 Å². The van der Waals surface area contributed by atoms with Gasteiger partial charge in [-0.05, 0) is 50.5 Å². The molecule has 168 valence electrons. The minimum Gasteiger partial charge on any atom is -0.493 e. The molecule has 1 aromatic carbocycles. The number of hydrogen-bond donors (Lipinski definition) is 2. The van der Waals surface area contributed by atoms with E-state index < -0.39 is 0 Å². The summed E-state index contributed by atoms with van der Waals surface area (Å²) >= 11 is 0. The minimum absolute atomic E-state index is 0.474. The van der Waals surface area contributed by atoms with E-state index in [-0.39, 0.29) is 0 Å². The van der Waals surface area contributed by atoms with E-state index in [0.717, 1.165) is 49.0 Å². The normalized spacial score (nSPS) is 16.2. The highest BCUT2D eigenvalue weighted by Crippen LogP contribution is 2.22. The zero-order valence-electron chi connectivity index (χ0n) is 18.8. The third-order valence-electron chi connectivity index (χ3n) is 5.02. The number of benzene rings is 1. The first kappa shape index (κ1) is 22.9. The molecule has 1 unspecified atom stereocenters. The molecular formula is C24H34N4O3. The molecule has 2 aromatic rings. The molecule has 0 amide bonds. The average molecular weight is 427 g/mol. The monoisotopic (exact) mass is 426 g/mol. The van der Waals surface area contributed by atoms with Crippen LogP contribution in [0.15, 0.2) is 41.5 Å². The molecule has 1 aliphatic heterocycles. The molecule has 1 atom stereocenters. The Hall–Kier alpha value is -2.80. The van der Waals surface area contributed by atoms with Crippen molar-refractivity contribution in [2.75, 3.05) is 33.0 Å². The third-order valence-corrected chi connectivity index (χ3v) is 5.02. The summed E-state index contributed by atoms with van der Waals surface area (Å²) in [4.78, 5) is 8.92. The second-order valence-corrected chi connectivity index (χ2v) is 7.64. The number of nitrogens with zero attached hydrogens (tertiary/aromatic N) is 2. The number of aromatic nitrogens is 1. The Kier molecular flexibility index (Phi) is 8.97. The second-order valence-electron chi connectivity index (χ2n) is 7.64. The van der Waals surface area contributed by atoms with Crippen LogP contribution in [0.25, 0.3) is 0 Å². The second kappa shape index (κ2) is 12.2. The van der Waals surface area contributed by atoms with Gasteiger partial charge in [0.1, 0.15) is 5.75 Å². The topological polar surface area (TPSA) is 77.0 Å². The molecule has 2 N–H and O–H groups in total. The van der Waals surface area contributed by atoms with Crippen LogP contribution < -0.4 is 20.1 Å². The van der Waals surface area contributed by atoms with Crippen molar-refractivity contribution in [2.45, 2.75) is 40.3 Å². The van der Waals surface area contributed by atoms with Crippen molar-refractivity contribution >= 4 is 5.96 Å². The molecule has 31 heavy (non-hydrogen) atoms. The first-order valence-corrected chi connectivity index (χ1v) is 11.1. The van der Waals surface area contributed by atoms with Crippen molar-refractivity contribution in [3.05, 3.63) is 53.2 Å². The number of pyridine rings is 1. The van der Waals surface area contributed by atoms with E-state index in [1.165, 1.54) is 5.56 Å². The van der Waals surface area contributed by atoms with Crippen LogP contribution in [-0.2, 0) is 17.8 Å². The highest BCUT2D eigenvalue weighted by molar-refractivity contribution is 5.79. The molecule has 3 rings (SSSR count). The SMILES string of the molecule is CCNC(=NCc1ccnc(OCC)c1)NCc1ccc(C)cc1OCC1CCOC1. The van der Waals surface area contributed by atoms with E-state index in [9.17, 15) is 0 Å². The van der Waals surface area contributed by atoms with Crippen LogP contribution in [0, 0.1) is 12.8 Å². The van der Waals surface area contributed by atoms with Crippen molar-refractivity contribution in [2.24, 2.45) is 10.9 Å². The molecule has 1 aromatic heterocycles. The van der Waals surface area contributed by atoms with Gasteiger partial charge in [0, 0.05) is 43.4 Å². The van der Waals surface area contributed by atoms with Crippen LogP contribution in [0.4, 0.5) is 0 Å². The summed E-state index contributed by atoms with van der Waals surface area (Å²) in [7, 11) is 0. The van der Waals surface area contributed by atoms with Gasteiger partial charge < -0.3 is 24.8 Å². The summed E-state index contributed by atoms with van der Waals surface area (Å²) in [5, 5.41) is 6.73. The van der Waals surface area contributed by atoms with Crippen molar-refractivity contribution in [1.29, 1.82) is 0 Å². The largest absolute Gasteiger partial charge is 0.493 e. The van der Waals surface area contributed by atoms with E-state index in [4.69, 9.17) is 19.2 Å². The van der Waals surface area contributed by atoms with Crippen LogP contribution in [0.1, 0.15) is 37.0 Å². The maximum absolute atomic E-state index is 6.16. The lowest BCUT2D eigenvalue weighted by atomic mass is 10.1. The quantitative estimate of drug-likeness (QED) is 0.448.